The molecule has 16 heavy (non-hydrogen) atoms. The van der Waals surface area contributed by atoms with Crippen LogP contribution in [-0.2, 0) is 6.42 Å². The van der Waals surface area contributed by atoms with Gasteiger partial charge in [-0.3, -0.25) is 0 Å². The van der Waals surface area contributed by atoms with E-state index in [0.29, 0.717) is 0 Å². The van der Waals surface area contributed by atoms with Crippen LogP contribution in [0.2, 0.25) is 0 Å². The Hall–Kier alpha value is -0.710. The van der Waals surface area contributed by atoms with E-state index in [1.54, 1.807) is 12.1 Å². The number of benzene rings is 1. The quantitative estimate of drug-likeness (QED) is 0.581. The molecule has 0 aliphatic carbocycles. The summed E-state index contributed by atoms with van der Waals surface area (Å²) in [7, 11) is 0. The second kappa shape index (κ2) is 6.13. The van der Waals surface area contributed by atoms with Gasteiger partial charge in [-0.2, -0.15) is 0 Å². The Morgan fingerprint density at radius 3 is 2.19 bits per heavy atom. The highest BCUT2D eigenvalue weighted by molar-refractivity contribution is 9.09. The standard InChI is InChI=1S/C11H12BrF3O/c12-8-2-1-3-9-4-6-10(7-5-9)16-11(13,14)15/h4-7H,1-3,8H2. The number of halogens is 4. The first kappa shape index (κ1) is 13.4. The lowest BCUT2D eigenvalue weighted by Crippen LogP contribution is -2.17. The van der Waals surface area contributed by atoms with E-state index in [1.165, 1.54) is 12.1 Å². The highest BCUT2D eigenvalue weighted by Crippen LogP contribution is 2.23. The van der Waals surface area contributed by atoms with Crippen LogP contribution >= 0.6 is 15.9 Å². The zero-order chi connectivity index (χ0) is 12.0. The first-order chi connectivity index (χ1) is 7.51. The van der Waals surface area contributed by atoms with Crippen molar-refractivity contribution in [2.24, 2.45) is 0 Å². The van der Waals surface area contributed by atoms with Gasteiger partial charge in [-0.05, 0) is 37.0 Å². The number of hydrogen-bond acceptors (Lipinski definition) is 1. The molecule has 0 spiro atoms. The van der Waals surface area contributed by atoms with Crippen molar-refractivity contribution in [1.82, 2.24) is 0 Å². The molecule has 0 radical (unpaired) electrons. The Balaban J connectivity index is 2.48. The maximum Gasteiger partial charge on any atom is 0.573 e. The van der Waals surface area contributed by atoms with Crippen LogP contribution in [0, 0.1) is 0 Å². The Bertz CT molecular complexity index is 308. The minimum atomic E-state index is -4.61. The molecule has 0 saturated heterocycles. The molecule has 0 fully saturated rings. The number of hydrogen-bond donors (Lipinski definition) is 0. The maximum absolute atomic E-state index is 11.9. The van der Waals surface area contributed by atoms with Gasteiger partial charge < -0.3 is 4.74 Å². The first-order valence-electron chi connectivity index (χ1n) is 4.92. The molecule has 0 amide bonds. The van der Waals surface area contributed by atoms with Gasteiger partial charge in [-0.25, -0.2) is 0 Å². The number of ether oxygens (including phenoxy) is 1. The first-order valence-corrected chi connectivity index (χ1v) is 6.04. The summed E-state index contributed by atoms with van der Waals surface area (Å²) in [6, 6.07) is 6.01. The van der Waals surface area contributed by atoms with Crippen LogP contribution in [0.3, 0.4) is 0 Å². The van der Waals surface area contributed by atoms with Crippen LogP contribution < -0.4 is 4.74 Å². The van der Waals surface area contributed by atoms with Crippen LogP contribution in [-0.4, -0.2) is 11.7 Å². The second-order valence-electron chi connectivity index (χ2n) is 3.34. The van der Waals surface area contributed by atoms with Gasteiger partial charge in [0.15, 0.2) is 0 Å². The fourth-order valence-corrected chi connectivity index (χ4v) is 1.68. The molecule has 90 valence electrons. The molecule has 1 aromatic rings. The third-order valence-corrected chi connectivity index (χ3v) is 2.57. The Morgan fingerprint density at radius 2 is 1.69 bits per heavy atom. The molecule has 0 N–H and O–H groups in total. The topological polar surface area (TPSA) is 9.23 Å². The summed E-state index contributed by atoms with van der Waals surface area (Å²) in [5, 5.41) is 0.947. The zero-order valence-electron chi connectivity index (χ0n) is 8.56. The van der Waals surface area contributed by atoms with Crippen LogP contribution in [0.25, 0.3) is 0 Å². The van der Waals surface area contributed by atoms with E-state index in [1.807, 2.05) is 0 Å². The lowest BCUT2D eigenvalue weighted by molar-refractivity contribution is -0.274. The van der Waals surface area contributed by atoms with E-state index in [4.69, 9.17) is 0 Å². The molecule has 0 aliphatic rings. The molecule has 0 saturated carbocycles. The minimum Gasteiger partial charge on any atom is -0.406 e. The van der Waals surface area contributed by atoms with Crippen molar-refractivity contribution in [1.29, 1.82) is 0 Å². The SMILES string of the molecule is FC(F)(F)Oc1ccc(CCCCBr)cc1. The number of rotatable bonds is 5. The van der Waals surface area contributed by atoms with Crippen molar-refractivity contribution in [3.63, 3.8) is 0 Å². The summed E-state index contributed by atoms with van der Waals surface area (Å²) in [6.07, 6.45) is -1.67. The van der Waals surface area contributed by atoms with Crippen molar-refractivity contribution in [3.05, 3.63) is 29.8 Å². The minimum absolute atomic E-state index is 0.170. The molecule has 0 heterocycles. The second-order valence-corrected chi connectivity index (χ2v) is 4.13. The summed E-state index contributed by atoms with van der Waals surface area (Å²) in [4.78, 5) is 0. The molecular weight excluding hydrogens is 285 g/mol. The summed E-state index contributed by atoms with van der Waals surface area (Å²) in [5.74, 6) is -0.170. The third kappa shape index (κ3) is 5.39. The smallest absolute Gasteiger partial charge is 0.406 e. The number of alkyl halides is 4. The molecule has 0 aliphatic heterocycles. The highest BCUT2D eigenvalue weighted by atomic mass is 79.9. The fraction of sp³-hybridized carbons (Fsp3) is 0.455. The van der Waals surface area contributed by atoms with E-state index < -0.39 is 6.36 Å². The van der Waals surface area contributed by atoms with Crippen molar-refractivity contribution in [3.8, 4) is 5.75 Å². The van der Waals surface area contributed by atoms with E-state index >= 15 is 0 Å². The van der Waals surface area contributed by atoms with Crippen molar-refractivity contribution in [2.75, 3.05) is 5.33 Å². The predicted octanol–water partition coefficient (Wildman–Crippen LogP) is 4.30. The monoisotopic (exact) mass is 296 g/mol. The van der Waals surface area contributed by atoms with Gasteiger partial charge in [0.25, 0.3) is 0 Å². The van der Waals surface area contributed by atoms with Gasteiger partial charge in [-0.15, -0.1) is 13.2 Å². The lowest BCUT2D eigenvalue weighted by Gasteiger charge is -2.09. The van der Waals surface area contributed by atoms with E-state index in [-0.39, 0.29) is 5.75 Å². The van der Waals surface area contributed by atoms with Gasteiger partial charge >= 0.3 is 6.36 Å². The summed E-state index contributed by atoms with van der Waals surface area (Å²) >= 11 is 3.32. The number of unbranched alkanes of at least 4 members (excludes halogenated alkanes) is 1. The lowest BCUT2D eigenvalue weighted by atomic mass is 10.1. The van der Waals surface area contributed by atoms with Crippen molar-refractivity contribution in [2.45, 2.75) is 25.6 Å². The van der Waals surface area contributed by atoms with Crippen LogP contribution in [0.1, 0.15) is 18.4 Å². The molecular formula is C11H12BrF3O. The zero-order valence-corrected chi connectivity index (χ0v) is 10.1. The molecule has 0 unspecified atom stereocenters. The maximum atomic E-state index is 11.9. The van der Waals surface area contributed by atoms with E-state index in [9.17, 15) is 13.2 Å². The summed E-state index contributed by atoms with van der Waals surface area (Å²) < 4.78 is 39.4. The molecule has 1 rings (SSSR count). The van der Waals surface area contributed by atoms with Crippen LogP contribution in [0.15, 0.2) is 24.3 Å². The van der Waals surface area contributed by atoms with Crippen LogP contribution in [0.4, 0.5) is 13.2 Å². The molecule has 0 atom stereocenters. The van der Waals surface area contributed by atoms with Crippen molar-refractivity contribution >= 4 is 15.9 Å². The van der Waals surface area contributed by atoms with Gasteiger partial charge in [0.05, 0.1) is 0 Å². The normalized spacial score (nSPS) is 11.5. The van der Waals surface area contributed by atoms with Gasteiger partial charge in [-0.1, -0.05) is 28.1 Å². The Labute approximate surface area is 101 Å². The average molecular weight is 297 g/mol. The highest BCUT2D eigenvalue weighted by Gasteiger charge is 2.30. The van der Waals surface area contributed by atoms with E-state index in [2.05, 4.69) is 20.7 Å². The van der Waals surface area contributed by atoms with E-state index in [0.717, 1.165) is 30.2 Å². The molecule has 0 bridgehead atoms. The largest absolute Gasteiger partial charge is 0.573 e. The fourth-order valence-electron chi connectivity index (χ4n) is 1.28. The predicted molar refractivity (Wildman–Crippen MR) is 59.9 cm³/mol. The van der Waals surface area contributed by atoms with Crippen LogP contribution in [0.5, 0.6) is 5.75 Å². The van der Waals surface area contributed by atoms with Gasteiger partial charge in [0.2, 0.25) is 0 Å². The van der Waals surface area contributed by atoms with Gasteiger partial charge in [0.1, 0.15) is 5.75 Å². The average Bonchev–Trinajstić information content (AvgIpc) is 2.19. The molecule has 0 aromatic heterocycles. The third-order valence-electron chi connectivity index (χ3n) is 2.01. The Kier molecular flexibility index (Phi) is 5.12. The summed E-state index contributed by atoms with van der Waals surface area (Å²) in [6.45, 7) is 0. The molecule has 5 heteroatoms. The van der Waals surface area contributed by atoms with Crippen molar-refractivity contribution < 1.29 is 17.9 Å². The molecule has 1 aromatic carbocycles. The summed E-state index contributed by atoms with van der Waals surface area (Å²) in [5.41, 5.74) is 1.02. The van der Waals surface area contributed by atoms with Gasteiger partial charge in [0, 0.05) is 5.33 Å². The Morgan fingerprint density at radius 1 is 1.06 bits per heavy atom. The molecule has 1 nitrogen and oxygen atoms in total. The number of aryl methyl sites for hydroxylation is 1.